The van der Waals surface area contributed by atoms with Crippen LogP contribution in [0.5, 0.6) is 5.75 Å². The lowest BCUT2D eigenvalue weighted by atomic mass is 10.2. The van der Waals surface area contributed by atoms with E-state index >= 15 is 0 Å². The molecule has 3 rings (SSSR count). The second-order valence-electron chi connectivity index (χ2n) is 4.04. The summed E-state index contributed by atoms with van der Waals surface area (Å²) in [4.78, 5) is 3.94. The Morgan fingerprint density at radius 2 is 2.10 bits per heavy atom. The zero-order valence-corrected chi connectivity index (χ0v) is 10.1. The lowest BCUT2D eigenvalue weighted by Crippen LogP contribution is -2.02. The third-order valence-electron chi connectivity index (χ3n) is 2.69. The number of aromatic nitrogens is 4. The first-order valence-corrected chi connectivity index (χ1v) is 5.68. The number of halogens is 2. The molecule has 0 amide bonds. The Kier molecular flexibility index (Phi) is 2.90. The summed E-state index contributed by atoms with van der Waals surface area (Å²) in [6, 6.07) is 5.33. The summed E-state index contributed by atoms with van der Waals surface area (Å²) >= 11 is 0. The third kappa shape index (κ3) is 2.11. The number of ether oxygens (including phenoxy) is 1. The van der Waals surface area contributed by atoms with Gasteiger partial charge >= 0.3 is 0 Å². The highest BCUT2D eigenvalue weighted by molar-refractivity contribution is 5.78. The monoisotopic (exact) mass is 277 g/mol. The van der Waals surface area contributed by atoms with Crippen LogP contribution in [-0.4, -0.2) is 20.4 Å². The van der Waals surface area contributed by atoms with Crippen molar-refractivity contribution in [2.45, 2.75) is 6.61 Å². The Labute approximate surface area is 111 Å². The Bertz CT molecular complexity index is 774. The van der Waals surface area contributed by atoms with Crippen LogP contribution in [0, 0.1) is 11.6 Å². The predicted octanol–water partition coefficient (Wildman–Crippen LogP) is 1.79. The van der Waals surface area contributed by atoms with E-state index in [2.05, 4.69) is 20.4 Å². The number of hydrogen-bond donors (Lipinski definition) is 2. The molecule has 0 aliphatic carbocycles. The van der Waals surface area contributed by atoms with E-state index in [4.69, 9.17) is 10.5 Å². The number of nitrogen functional groups attached to an aromatic ring is 1. The van der Waals surface area contributed by atoms with E-state index in [-0.39, 0.29) is 18.0 Å². The topological polar surface area (TPSA) is 89.7 Å². The zero-order valence-electron chi connectivity index (χ0n) is 10.1. The van der Waals surface area contributed by atoms with Crippen molar-refractivity contribution in [3.8, 4) is 5.75 Å². The van der Waals surface area contributed by atoms with Gasteiger partial charge in [-0.3, -0.25) is 0 Å². The molecule has 102 valence electrons. The Morgan fingerprint density at radius 3 is 2.95 bits per heavy atom. The van der Waals surface area contributed by atoms with Gasteiger partial charge in [0.2, 0.25) is 5.65 Å². The molecule has 3 N–H and O–H groups in total. The van der Waals surface area contributed by atoms with E-state index in [0.29, 0.717) is 16.9 Å². The van der Waals surface area contributed by atoms with Crippen molar-refractivity contribution in [3.05, 3.63) is 41.5 Å². The number of benzene rings is 1. The lowest BCUT2D eigenvalue weighted by molar-refractivity contribution is 0.300. The summed E-state index contributed by atoms with van der Waals surface area (Å²) in [7, 11) is 0. The second-order valence-corrected chi connectivity index (χ2v) is 4.04. The molecule has 1 aromatic carbocycles. The van der Waals surface area contributed by atoms with Crippen molar-refractivity contribution in [1.82, 2.24) is 20.4 Å². The lowest BCUT2D eigenvalue weighted by Gasteiger charge is -2.08. The van der Waals surface area contributed by atoms with Gasteiger partial charge in [0.25, 0.3) is 0 Å². The molecule has 3 aromatic rings. The molecule has 0 aliphatic heterocycles. The van der Waals surface area contributed by atoms with Gasteiger partial charge in [0.1, 0.15) is 12.4 Å². The number of H-pyrrole nitrogens is 1. The van der Waals surface area contributed by atoms with Gasteiger partial charge in [-0.1, -0.05) is 12.1 Å². The number of rotatable bonds is 3. The Hall–Kier alpha value is -2.77. The highest BCUT2D eigenvalue weighted by Crippen LogP contribution is 2.24. The molecule has 0 saturated heterocycles. The van der Waals surface area contributed by atoms with E-state index in [1.54, 1.807) is 0 Å². The van der Waals surface area contributed by atoms with Gasteiger partial charge < -0.3 is 10.5 Å². The maximum atomic E-state index is 13.5. The van der Waals surface area contributed by atoms with Crippen molar-refractivity contribution in [1.29, 1.82) is 0 Å². The minimum atomic E-state index is -0.939. The second kappa shape index (κ2) is 4.72. The fourth-order valence-electron chi connectivity index (χ4n) is 1.75. The molecule has 2 aromatic heterocycles. The smallest absolute Gasteiger partial charge is 0.207 e. The van der Waals surface area contributed by atoms with Crippen LogP contribution in [0.3, 0.4) is 0 Å². The number of anilines is 1. The van der Waals surface area contributed by atoms with Crippen LogP contribution in [0.25, 0.3) is 11.2 Å². The minimum absolute atomic E-state index is 0.0945. The van der Waals surface area contributed by atoms with E-state index in [1.165, 1.54) is 18.2 Å². The molecular weight excluding hydrogens is 268 g/mol. The van der Waals surface area contributed by atoms with Crippen molar-refractivity contribution in [2.24, 2.45) is 0 Å². The average Bonchev–Trinajstić information content (AvgIpc) is 2.88. The highest BCUT2D eigenvalue weighted by atomic mass is 19.2. The first-order chi connectivity index (χ1) is 9.65. The third-order valence-corrected chi connectivity index (χ3v) is 2.69. The summed E-state index contributed by atoms with van der Waals surface area (Å²) in [6.07, 6.45) is 0. The predicted molar refractivity (Wildman–Crippen MR) is 66.8 cm³/mol. The summed E-state index contributed by atoms with van der Waals surface area (Å²) in [5.74, 6) is -1.37. The number of nitrogens with zero attached hydrogens (tertiary/aromatic N) is 3. The number of nitrogens with one attached hydrogen (secondary N) is 1. The quantitative estimate of drug-likeness (QED) is 0.761. The molecule has 0 bridgehead atoms. The van der Waals surface area contributed by atoms with Crippen molar-refractivity contribution < 1.29 is 13.5 Å². The highest BCUT2D eigenvalue weighted by Gasteiger charge is 2.12. The molecule has 0 unspecified atom stereocenters. The van der Waals surface area contributed by atoms with E-state index in [1.807, 2.05) is 0 Å². The van der Waals surface area contributed by atoms with Gasteiger partial charge in [-0.05, 0) is 6.07 Å². The average molecular weight is 277 g/mol. The zero-order chi connectivity index (χ0) is 14.1. The summed E-state index contributed by atoms with van der Waals surface area (Å²) in [6.45, 7) is -0.158. The largest absolute Gasteiger partial charge is 0.486 e. The Morgan fingerprint density at radius 1 is 1.25 bits per heavy atom. The first-order valence-electron chi connectivity index (χ1n) is 5.68. The molecule has 0 saturated carbocycles. The molecule has 2 heterocycles. The standard InChI is InChI=1S/C12H9F2N5O/c13-7-3-1-2-6(10(7)14)5-20-8-4-9(15)16-12-11(8)17-19-18-12/h1-4H,5H2,(H3,15,16,17,18,19). The summed E-state index contributed by atoms with van der Waals surface area (Å²) in [5.41, 5.74) is 6.36. The molecule has 0 radical (unpaired) electrons. The maximum Gasteiger partial charge on any atom is 0.207 e. The van der Waals surface area contributed by atoms with E-state index in [0.717, 1.165) is 6.07 Å². The molecule has 8 heteroatoms. The van der Waals surface area contributed by atoms with Gasteiger partial charge in [-0.15, -0.1) is 5.10 Å². The van der Waals surface area contributed by atoms with Gasteiger partial charge in [-0.25, -0.2) is 13.8 Å². The van der Waals surface area contributed by atoms with E-state index < -0.39 is 11.6 Å². The number of fused-ring (bicyclic) bond motifs is 1. The number of aromatic amines is 1. The normalized spacial score (nSPS) is 10.9. The van der Waals surface area contributed by atoms with Crippen LogP contribution in [0.1, 0.15) is 5.56 Å². The van der Waals surface area contributed by atoms with E-state index in [9.17, 15) is 8.78 Å². The van der Waals surface area contributed by atoms with Crippen molar-refractivity contribution >= 4 is 17.0 Å². The van der Waals surface area contributed by atoms with Gasteiger partial charge in [0, 0.05) is 11.6 Å². The molecule has 0 aliphatic rings. The SMILES string of the molecule is Nc1cc(OCc2cccc(F)c2F)c2n[nH]nc2n1. The maximum absolute atomic E-state index is 13.5. The molecule has 0 atom stereocenters. The first kappa shape index (κ1) is 12.3. The van der Waals surface area contributed by atoms with Crippen LogP contribution in [-0.2, 0) is 6.61 Å². The van der Waals surface area contributed by atoms with Crippen LogP contribution in [0.2, 0.25) is 0 Å². The molecule has 20 heavy (non-hydrogen) atoms. The molecular formula is C12H9F2N5O. The summed E-state index contributed by atoms with van der Waals surface area (Å²) in [5, 5.41) is 10.0. The molecule has 0 spiro atoms. The Balaban J connectivity index is 1.90. The summed E-state index contributed by atoms with van der Waals surface area (Å²) < 4.78 is 32.0. The molecule has 6 nitrogen and oxygen atoms in total. The number of nitrogens with two attached hydrogens (primary N) is 1. The van der Waals surface area contributed by atoms with Crippen LogP contribution < -0.4 is 10.5 Å². The van der Waals surface area contributed by atoms with Crippen LogP contribution in [0.15, 0.2) is 24.3 Å². The van der Waals surface area contributed by atoms with Crippen LogP contribution >= 0.6 is 0 Å². The van der Waals surface area contributed by atoms with Crippen molar-refractivity contribution in [3.63, 3.8) is 0 Å². The fraction of sp³-hybridized carbons (Fsp3) is 0.0833. The fourth-order valence-corrected chi connectivity index (χ4v) is 1.75. The number of pyridine rings is 1. The van der Waals surface area contributed by atoms with Crippen molar-refractivity contribution in [2.75, 3.05) is 5.73 Å². The molecule has 0 fully saturated rings. The van der Waals surface area contributed by atoms with Gasteiger partial charge in [0.05, 0.1) is 0 Å². The minimum Gasteiger partial charge on any atom is -0.486 e. The van der Waals surface area contributed by atoms with Gasteiger partial charge in [-0.2, -0.15) is 10.3 Å². The van der Waals surface area contributed by atoms with Crippen LogP contribution in [0.4, 0.5) is 14.6 Å². The number of hydrogen-bond acceptors (Lipinski definition) is 5. The van der Waals surface area contributed by atoms with Gasteiger partial charge in [0.15, 0.2) is 22.9 Å².